The van der Waals surface area contributed by atoms with Crippen molar-refractivity contribution in [2.75, 3.05) is 13.2 Å². The number of aromatic nitrogens is 4. The summed E-state index contributed by atoms with van der Waals surface area (Å²) in [4.78, 5) is 11.6. The van der Waals surface area contributed by atoms with Gasteiger partial charge < -0.3 is 9.47 Å². The normalized spacial score (nSPS) is 10.4. The van der Waals surface area contributed by atoms with Crippen molar-refractivity contribution in [3.63, 3.8) is 0 Å². The molecule has 0 saturated carbocycles. The van der Waals surface area contributed by atoms with Crippen LogP contribution in [0, 0.1) is 0 Å². The summed E-state index contributed by atoms with van der Waals surface area (Å²) in [5.74, 6) is 0.311. The van der Waals surface area contributed by atoms with Gasteiger partial charge in [-0.05, 0) is 41.6 Å². The SMILES string of the molecule is CCOC(=O)c1nnnn1CCCOc1ccc(Cl)cc1. The smallest absolute Gasteiger partial charge is 0.378 e. The van der Waals surface area contributed by atoms with Gasteiger partial charge in [0, 0.05) is 18.0 Å². The van der Waals surface area contributed by atoms with E-state index in [-0.39, 0.29) is 12.4 Å². The third-order valence-electron chi connectivity index (χ3n) is 2.59. The number of esters is 1. The van der Waals surface area contributed by atoms with Crippen LogP contribution in [0.1, 0.15) is 24.0 Å². The molecule has 1 aromatic carbocycles. The van der Waals surface area contributed by atoms with Gasteiger partial charge >= 0.3 is 5.97 Å². The van der Waals surface area contributed by atoms with Crippen molar-refractivity contribution in [1.29, 1.82) is 0 Å². The number of hydrogen-bond acceptors (Lipinski definition) is 6. The van der Waals surface area contributed by atoms with Gasteiger partial charge in [-0.15, -0.1) is 5.10 Å². The van der Waals surface area contributed by atoms with Crippen LogP contribution in [0.25, 0.3) is 0 Å². The van der Waals surface area contributed by atoms with Gasteiger partial charge in [0.05, 0.1) is 13.2 Å². The number of halogens is 1. The van der Waals surface area contributed by atoms with Gasteiger partial charge in [-0.1, -0.05) is 11.6 Å². The minimum Gasteiger partial charge on any atom is -0.494 e. The number of benzene rings is 1. The number of nitrogens with zero attached hydrogens (tertiary/aromatic N) is 4. The fourth-order valence-corrected chi connectivity index (χ4v) is 1.76. The summed E-state index contributed by atoms with van der Waals surface area (Å²) < 4.78 is 11.8. The summed E-state index contributed by atoms with van der Waals surface area (Å²) in [6.07, 6.45) is 0.653. The monoisotopic (exact) mass is 310 g/mol. The maximum atomic E-state index is 11.6. The van der Waals surface area contributed by atoms with E-state index in [1.165, 1.54) is 4.68 Å². The van der Waals surface area contributed by atoms with Crippen LogP contribution in [0.4, 0.5) is 0 Å². The Bertz CT molecular complexity index is 585. The standard InChI is InChI=1S/C13H15ClN4O3/c1-2-20-13(19)12-15-16-17-18(12)8-3-9-21-11-6-4-10(14)5-7-11/h4-7H,2-3,8-9H2,1H3. The summed E-state index contributed by atoms with van der Waals surface area (Å²) >= 11 is 5.79. The third kappa shape index (κ3) is 4.42. The zero-order valence-corrected chi connectivity index (χ0v) is 12.3. The maximum absolute atomic E-state index is 11.6. The summed E-state index contributed by atoms with van der Waals surface area (Å²) in [7, 11) is 0. The Morgan fingerprint density at radius 1 is 1.33 bits per heavy atom. The number of rotatable bonds is 7. The van der Waals surface area contributed by atoms with Gasteiger partial charge in [-0.3, -0.25) is 0 Å². The second kappa shape index (κ2) is 7.58. The largest absolute Gasteiger partial charge is 0.494 e. The lowest BCUT2D eigenvalue weighted by Crippen LogP contribution is -2.15. The predicted octanol–water partition coefficient (Wildman–Crippen LogP) is 1.97. The first-order chi connectivity index (χ1) is 10.2. The molecule has 0 unspecified atom stereocenters. The van der Waals surface area contributed by atoms with E-state index in [0.29, 0.717) is 24.6 Å². The van der Waals surface area contributed by atoms with Gasteiger partial charge in [-0.25, -0.2) is 9.48 Å². The molecule has 112 valence electrons. The quantitative estimate of drug-likeness (QED) is 0.574. The number of carbonyl (C=O) groups excluding carboxylic acids is 1. The molecule has 21 heavy (non-hydrogen) atoms. The molecule has 0 fully saturated rings. The van der Waals surface area contributed by atoms with E-state index >= 15 is 0 Å². The van der Waals surface area contributed by atoms with E-state index in [0.717, 1.165) is 5.75 Å². The molecule has 8 heteroatoms. The van der Waals surface area contributed by atoms with Crippen molar-refractivity contribution in [2.45, 2.75) is 19.9 Å². The topological polar surface area (TPSA) is 79.1 Å². The highest BCUT2D eigenvalue weighted by Crippen LogP contribution is 2.15. The van der Waals surface area contributed by atoms with Crippen molar-refractivity contribution < 1.29 is 14.3 Å². The van der Waals surface area contributed by atoms with Crippen LogP contribution >= 0.6 is 11.6 Å². The Kier molecular flexibility index (Phi) is 5.51. The van der Waals surface area contributed by atoms with E-state index in [9.17, 15) is 4.79 Å². The van der Waals surface area contributed by atoms with E-state index < -0.39 is 5.97 Å². The van der Waals surface area contributed by atoms with Crippen LogP contribution in [0.3, 0.4) is 0 Å². The zero-order chi connectivity index (χ0) is 15.1. The molecule has 2 rings (SSSR count). The highest BCUT2D eigenvalue weighted by molar-refractivity contribution is 6.30. The lowest BCUT2D eigenvalue weighted by molar-refractivity contribution is 0.0503. The average molecular weight is 311 g/mol. The molecule has 0 aliphatic carbocycles. The van der Waals surface area contributed by atoms with Gasteiger partial charge in [0.15, 0.2) is 0 Å². The second-order valence-corrected chi connectivity index (χ2v) is 4.54. The fourth-order valence-electron chi connectivity index (χ4n) is 1.63. The van der Waals surface area contributed by atoms with Crippen LogP contribution in [0.5, 0.6) is 5.75 Å². The lowest BCUT2D eigenvalue weighted by Gasteiger charge is -2.07. The van der Waals surface area contributed by atoms with Crippen molar-refractivity contribution in [3.05, 3.63) is 35.1 Å². The van der Waals surface area contributed by atoms with Gasteiger partial charge in [-0.2, -0.15) is 0 Å². The highest BCUT2D eigenvalue weighted by atomic mass is 35.5. The third-order valence-corrected chi connectivity index (χ3v) is 2.84. The second-order valence-electron chi connectivity index (χ2n) is 4.10. The molecule has 0 bridgehead atoms. The molecule has 1 heterocycles. The van der Waals surface area contributed by atoms with Gasteiger partial charge in [0.1, 0.15) is 5.75 Å². The number of ether oxygens (including phenoxy) is 2. The molecule has 0 saturated heterocycles. The first-order valence-electron chi connectivity index (χ1n) is 6.52. The molecule has 1 aromatic heterocycles. The molecular formula is C13H15ClN4O3. The first-order valence-corrected chi connectivity index (χ1v) is 6.90. The Labute approximate surface area is 126 Å². The number of tetrazole rings is 1. The molecular weight excluding hydrogens is 296 g/mol. The summed E-state index contributed by atoms with van der Waals surface area (Å²) in [6.45, 7) is 2.95. The summed E-state index contributed by atoms with van der Waals surface area (Å²) in [5, 5.41) is 11.6. The van der Waals surface area contributed by atoms with Crippen molar-refractivity contribution >= 4 is 17.6 Å². The van der Waals surface area contributed by atoms with E-state index in [2.05, 4.69) is 15.5 Å². The van der Waals surface area contributed by atoms with E-state index in [1.54, 1.807) is 31.2 Å². The number of aryl methyl sites for hydroxylation is 1. The lowest BCUT2D eigenvalue weighted by atomic mass is 10.3. The predicted molar refractivity (Wildman–Crippen MR) is 75.3 cm³/mol. The highest BCUT2D eigenvalue weighted by Gasteiger charge is 2.16. The van der Waals surface area contributed by atoms with Crippen LogP contribution in [-0.2, 0) is 11.3 Å². The maximum Gasteiger partial charge on any atom is 0.378 e. The Hall–Kier alpha value is -2.15. The Balaban J connectivity index is 1.80. The first kappa shape index (κ1) is 15.2. The zero-order valence-electron chi connectivity index (χ0n) is 11.5. The number of carbonyl (C=O) groups is 1. The van der Waals surface area contributed by atoms with Crippen molar-refractivity contribution in [3.8, 4) is 5.75 Å². The molecule has 0 N–H and O–H groups in total. The van der Waals surface area contributed by atoms with Gasteiger partial charge in [0.2, 0.25) is 0 Å². The van der Waals surface area contributed by atoms with E-state index in [4.69, 9.17) is 21.1 Å². The summed E-state index contributed by atoms with van der Waals surface area (Å²) in [6, 6.07) is 7.11. The van der Waals surface area contributed by atoms with Crippen LogP contribution in [0.2, 0.25) is 5.02 Å². The van der Waals surface area contributed by atoms with Crippen LogP contribution < -0.4 is 4.74 Å². The molecule has 7 nitrogen and oxygen atoms in total. The molecule has 0 aliphatic heterocycles. The molecule has 0 radical (unpaired) electrons. The molecule has 0 aliphatic rings. The van der Waals surface area contributed by atoms with Crippen molar-refractivity contribution in [2.24, 2.45) is 0 Å². The average Bonchev–Trinajstić information content (AvgIpc) is 2.94. The van der Waals surface area contributed by atoms with E-state index in [1.807, 2.05) is 0 Å². The van der Waals surface area contributed by atoms with Crippen LogP contribution in [-0.4, -0.2) is 39.4 Å². The minimum absolute atomic E-state index is 0.100. The summed E-state index contributed by atoms with van der Waals surface area (Å²) in [5.41, 5.74) is 0. The fraction of sp³-hybridized carbons (Fsp3) is 0.385. The number of hydrogen-bond donors (Lipinski definition) is 0. The molecule has 0 spiro atoms. The minimum atomic E-state index is -0.527. The van der Waals surface area contributed by atoms with Crippen LogP contribution in [0.15, 0.2) is 24.3 Å². The van der Waals surface area contributed by atoms with Crippen molar-refractivity contribution in [1.82, 2.24) is 20.2 Å². The van der Waals surface area contributed by atoms with Gasteiger partial charge in [0.25, 0.3) is 5.82 Å². The Morgan fingerprint density at radius 2 is 2.10 bits per heavy atom. The molecule has 2 aromatic rings. The molecule has 0 amide bonds. The molecule has 0 atom stereocenters. The Morgan fingerprint density at radius 3 is 2.81 bits per heavy atom.